The van der Waals surface area contributed by atoms with E-state index in [1.807, 2.05) is 30.3 Å². The Morgan fingerprint density at radius 3 is 2.62 bits per heavy atom. The van der Waals surface area contributed by atoms with Crippen LogP contribution in [0.5, 0.6) is 0 Å². The van der Waals surface area contributed by atoms with E-state index in [0.717, 1.165) is 61.1 Å². The molecule has 1 aromatic heterocycles. The van der Waals surface area contributed by atoms with Crippen molar-refractivity contribution >= 4 is 40.2 Å². The van der Waals surface area contributed by atoms with Crippen molar-refractivity contribution in [2.45, 2.75) is 13.5 Å². The zero-order valence-electron chi connectivity index (χ0n) is 16.3. The molecule has 1 aliphatic heterocycles. The quantitative estimate of drug-likeness (QED) is 0.524. The van der Waals surface area contributed by atoms with E-state index in [1.54, 1.807) is 11.3 Å². The molecule has 0 radical (unpaired) electrons. The summed E-state index contributed by atoms with van der Waals surface area (Å²) in [4.78, 5) is 8.34. The number of aromatic nitrogens is 1. The number of rotatable bonds is 5. The highest BCUT2D eigenvalue weighted by Crippen LogP contribution is 2.29. The van der Waals surface area contributed by atoms with Gasteiger partial charge in [-0.25, -0.2) is 4.99 Å². The molecule has 0 aliphatic carbocycles. The summed E-state index contributed by atoms with van der Waals surface area (Å²) >= 11 is 14.1. The van der Waals surface area contributed by atoms with E-state index in [2.05, 4.69) is 33.9 Å². The lowest BCUT2D eigenvalue weighted by molar-refractivity contribution is 0.0363. The Bertz CT molecular complexity index is 1050. The molecule has 29 heavy (non-hydrogen) atoms. The summed E-state index contributed by atoms with van der Waals surface area (Å²) < 4.78 is 7.76. The highest BCUT2D eigenvalue weighted by Gasteiger charge is 2.14. The number of morpholine rings is 1. The van der Waals surface area contributed by atoms with Gasteiger partial charge in [-0.15, -0.1) is 11.3 Å². The molecule has 1 fully saturated rings. The number of aryl methyl sites for hydroxylation is 1. The molecule has 1 aliphatic rings. The summed E-state index contributed by atoms with van der Waals surface area (Å²) in [6.07, 6.45) is 0. The number of halogens is 2. The molecule has 0 saturated carbocycles. The molecule has 0 amide bonds. The molecule has 0 N–H and O–H groups in total. The number of hydrogen-bond acceptors (Lipinski definition) is 4. The molecule has 152 valence electrons. The van der Waals surface area contributed by atoms with Crippen LogP contribution >= 0.6 is 34.5 Å². The number of benzene rings is 2. The van der Waals surface area contributed by atoms with Crippen molar-refractivity contribution in [3.8, 4) is 11.3 Å². The predicted molar refractivity (Wildman–Crippen MR) is 121 cm³/mol. The summed E-state index contributed by atoms with van der Waals surface area (Å²) in [5, 5.41) is 3.27. The molecule has 2 heterocycles. The average Bonchev–Trinajstić information content (AvgIpc) is 3.11. The summed E-state index contributed by atoms with van der Waals surface area (Å²) in [5.41, 5.74) is 4.32. The first-order valence-electron chi connectivity index (χ1n) is 9.65. The molecule has 4 nitrogen and oxygen atoms in total. The van der Waals surface area contributed by atoms with E-state index in [0.29, 0.717) is 10.0 Å². The molecule has 3 aromatic rings. The van der Waals surface area contributed by atoms with Crippen molar-refractivity contribution in [1.29, 1.82) is 0 Å². The van der Waals surface area contributed by atoms with Crippen molar-refractivity contribution in [3.63, 3.8) is 0 Å². The first-order chi connectivity index (χ1) is 14.1. The van der Waals surface area contributed by atoms with Crippen LogP contribution in [0.25, 0.3) is 11.3 Å². The second-order valence-electron chi connectivity index (χ2n) is 7.09. The van der Waals surface area contributed by atoms with Crippen molar-refractivity contribution in [2.75, 3.05) is 32.8 Å². The predicted octanol–water partition coefficient (Wildman–Crippen LogP) is 5.40. The molecule has 2 aromatic carbocycles. The lowest BCUT2D eigenvalue weighted by Gasteiger charge is -2.26. The number of hydrogen-bond donors (Lipinski definition) is 0. The number of thiazole rings is 1. The minimum atomic E-state index is 0.562. The maximum Gasteiger partial charge on any atom is 0.190 e. The third kappa shape index (κ3) is 5.11. The van der Waals surface area contributed by atoms with Gasteiger partial charge < -0.3 is 9.30 Å². The fraction of sp³-hybridized carbons (Fsp3) is 0.318. The monoisotopic (exact) mass is 447 g/mol. The van der Waals surface area contributed by atoms with E-state index in [9.17, 15) is 0 Å². The van der Waals surface area contributed by atoms with Gasteiger partial charge >= 0.3 is 0 Å². The van der Waals surface area contributed by atoms with Crippen LogP contribution < -0.4 is 4.80 Å². The summed E-state index contributed by atoms with van der Waals surface area (Å²) in [7, 11) is 0. The normalized spacial score (nSPS) is 15.8. The zero-order valence-corrected chi connectivity index (χ0v) is 18.6. The molecule has 0 spiro atoms. The summed E-state index contributed by atoms with van der Waals surface area (Å²) in [5.74, 6) is 0. The van der Waals surface area contributed by atoms with Gasteiger partial charge in [0.05, 0.1) is 34.6 Å². The Kier molecular flexibility index (Phi) is 6.73. The number of nitrogens with zero attached hydrogens (tertiary/aromatic N) is 3. The van der Waals surface area contributed by atoms with E-state index in [-0.39, 0.29) is 0 Å². The minimum Gasteiger partial charge on any atom is -0.379 e. The first-order valence-corrected chi connectivity index (χ1v) is 11.3. The fourth-order valence-corrected chi connectivity index (χ4v) is 4.65. The van der Waals surface area contributed by atoms with E-state index >= 15 is 0 Å². The van der Waals surface area contributed by atoms with Gasteiger partial charge in [0.2, 0.25) is 0 Å². The van der Waals surface area contributed by atoms with E-state index in [4.69, 9.17) is 32.9 Å². The van der Waals surface area contributed by atoms with Gasteiger partial charge in [-0.3, -0.25) is 4.90 Å². The minimum absolute atomic E-state index is 0.562. The van der Waals surface area contributed by atoms with Crippen LogP contribution in [-0.4, -0.2) is 42.3 Å². The number of ether oxygens (including phenoxy) is 1. The highest BCUT2D eigenvalue weighted by atomic mass is 35.5. The van der Waals surface area contributed by atoms with Crippen molar-refractivity contribution in [3.05, 3.63) is 68.3 Å². The highest BCUT2D eigenvalue weighted by molar-refractivity contribution is 7.07. The second-order valence-corrected chi connectivity index (χ2v) is 8.74. The van der Waals surface area contributed by atoms with Crippen LogP contribution in [0.4, 0.5) is 5.69 Å². The first kappa shape index (κ1) is 20.6. The van der Waals surface area contributed by atoms with Crippen LogP contribution in [0.2, 0.25) is 10.0 Å². The van der Waals surface area contributed by atoms with Crippen LogP contribution in [-0.2, 0) is 11.3 Å². The van der Waals surface area contributed by atoms with Gasteiger partial charge in [0, 0.05) is 37.1 Å². The molecule has 7 heteroatoms. The largest absolute Gasteiger partial charge is 0.379 e. The second kappa shape index (κ2) is 9.45. The van der Waals surface area contributed by atoms with Crippen molar-refractivity contribution in [1.82, 2.24) is 9.47 Å². The zero-order chi connectivity index (χ0) is 20.2. The smallest absolute Gasteiger partial charge is 0.190 e. The van der Waals surface area contributed by atoms with E-state index < -0.39 is 0 Å². The fourth-order valence-electron chi connectivity index (χ4n) is 3.40. The maximum absolute atomic E-state index is 6.29. The van der Waals surface area contributed by atoms with Gasteiger partial charge in [0.15, 0.2) is 4.80 Å². The topological polar surface area (TPSA) is 29.8 Å². The van der Waals surface area contributed by atoms with Crippen LogP contribution in [0.15, 0.2) is 52.8 Å². The Labute approximate surface area is 185 Å². The van der Waals surface area contributed by atoms with Gasteiger partial charge in [-0.1, -0.05) is 41.4 Å². The lowest BCUT2D eigenvalue weighted by atomic mass is 10.2. The Morgan fingerprint density at radius 1 is 1.03 bits per heavy atom. The molecule has 1 saturated heterocycles. The SMILES string of the molecule is Cc1cccc(N=c2scc(-c3ccc(Cl)c(Cl)c3)n2CCN2CCOCC2)c1. The third-order valence-electron chi connectivity index (χ3n) is 4.98. The molecule has 0 bridgehead atoms. The lowest BCUT2D eigenvalue weighted by Crippen LogP contribution is -2.39. The maximum atomic E-state index is 6.29. The summed E-state index contributed by atoms with van der Waals surface area (Å²) in [6, 6.07) is 14.1. The molecular formula is C22H23Cl2N3OS. The summed E-state index contributed by atoms with van der Waals surface area (Å²) in [6.45, 7) is 7.43. The van der Waals surface area contributed by atoms with Crippen LogP contribution in [0.1, 0.15) is 5.56 Å². The average molecular weight is 448 g/mol. The Hall–Kier alpha value is -1.63. The molecule has 0 atom stereocenters. The molecule has 4 rings (SSSR count). The molecular weight excluding hydrogens is 425 g/mol. The standard InChI is InChI=1S/C22H23Cl2N3OS/c1-16-3-2-4-18(13-16)25-22-27(8-7-26-9-11-28-12-10-26)21(15-29-22)17-5-6-19(23)20(24)14-17/h2-6,13-15H,7-12H2,1H3. The van der Waals surface area contributed by atoms with Gasteiger partial charge in [0.1, 0.15) is 0 Å². The van der Waals surface area contributed by atoms with Gasteiger partial charge in [0.25, 0.3) is 0 Å². The van der Waals surface area contributed by atoms with Gasteiger partial charge in [-0.2, -0.15) is 0 Å². The van der Waals surface area contributed by atoms with Crippen LogP contribution in [0.3, 0.4) is 0 Å². The van der Waals surface area contributed by atoms with Crippen molar-refractivity contribution < 1.29 is 4.74 Å². The Morgan fingerprint density at radius 2 is 1.86 bits per heavy atom. The third-order valence-corrected chi connectivity index (χ3v) is 6.59. The van der Waals surface area contributed by atoms with E-state index in [1.165, 1.54) is 5.56 Å². The Balaban J connectivity index is 1.72. The van der Waals surface area contributed by atoms with Gasteiger partial charge in [-0.05, 0) is 36.8 Å². The van der Waals surface area contributed by atoms with Crippen molar-refractivity contribution in [2.24, 2.45) is 4.99 Å². The van der Waals surface area contributed by atoms with Crippen LogP contribution in [0, 0.1) is 6.92 Å². The molecule has 0 unspecified atom stereocenters.